The van der Waals surface area contributed by atoms with Crippen molar-refractivity contribution in [1.82, 2.24) is 9.97 Å². The minimum Gasteiger partial charge on any atom is -0.496 e. The molecule has 0 aliphatic heterocycles. The van der Waals surface area contributed by atoms with Crippen molar-refractivity contribution in [2.24, 2.45) is 5.73 Å². The van der Waals surface area contributed by atoms with Crippen LogP contribution in [0.25, 0.3) is 22.3 Å². The Hall–Kier alpha value is -5.26. The van der Waals surface area contributed by atoms with E-state index in [4.69, 9.17) is 66.3 Å². The number of esters is 1. The minimum absolute atomic E-state index is 0. The molecular weight excluding hydrogens is 910 g/mol. The van der Waals surface area contributed by atoms with E-state index < -0.39 is 0 Å². The molecule has 0 fully saturated rings. The van der Waals surface area contributed by atoms with Crippen LogP contribution in [0.3, 0.4) is 0 Å². The summed E-state index contributed by atoms with van der Waals surface area (Å²) in [6, 6.07) is 37.6. The summed E-state index contributed by atoms with van der Waals surface area (Å²) in [7, 11) is 3.04. The van der Waals surface area contributed by atoms with Crippen molar-refractivity contribution >= 4 is 64.8 Å². The third-order valence-corrected chi connectivity index (χ3v) is 9.83. The molecule has 0 bridgehead atoms. The zero-order valence-electron chi connectivity index (χ0n) is 34.3. The largest absolute Gasteiger partial charge is 0.496 e. The zero-order valence-corrected chi connectivity index (χ0v) is 38.1. The maximum absolute atomic E-state index is 15.5. The standard InChI is InChI=1S/C28H23ClFNO3.C20H18ClFN2O.CH2Cl2.ClH/c1-33-25-14-11-21(28(30)27(25)20-6-5-7-22(29)17-20)16-19-10-12-23(31-18-19)13-15-26(32)34-24-8-3-2-4-9-24;1-25-18-8-6-15(9-13-5-7-17(11-23)24-12-13)20(22)19(18)14-3-2-4-16(21)10-14;2-1-3;/h2-12,14,17-18H,13,15-16H2,1H3;2-8,10,12H,9,11,23H2,1H3;1H2;1H. The van der Waals surface area contributed by atoms with E-state index in [0.29, 0.717) is 86.5 Å². The molecule has 2 heterocycles. The van der Waals surface area contributed by atoms with Gasteiger partial charge in [0.1, 0.15) is 28.9 Å². The second-order valence-electron chi connectivity index (χ2n) is 13.5. The van der Waals surface area contributed by atoms with Crippen LogP contribution in [-0.2, 0) is 30.6 Å². The molecule has 63 heavy (non-hydrogen) atoms. The molecule has 2 N–H and O–H groups in total. The van der Waals surface area contributed by atoms with Crippen LogP contribution in [0.4, 0.5) is 8.78 Å². The summed E-state index contributed by atoms with van der Waals surface area (Å²) in [6.07, 6.45) is 4.92. The van der Waals surface area contributed by atoms with Crippen LogP contribution in [0.15, 0.2) is 140 Å². The lowest BCUT2D eigenvalue weighted by molar-refractivity contribution is -0.134. The van der Waals surface area contributed by atoms with Crippen LogP contribution in [0, 0.1) is 11.6 Å². The quantitative estimate of drug-likeness (QED) is 0.0698. The fraction of sp³-hybridized carbons (Fsp3) is 0.163. The lowest BCUT2D eigenvalue weighted by Crippen LogP contribution is -2.09. The number of hydrogen-bond acceptors (Lipinski definition) is 7. The van der Waals surface area contributed by atoms with Crippen molar-refractivity contribution in [3.63, 3.8) is 0 Å². The Kier molecular flexibility index (Phi) is 20.6. The number of rotatable bonds is 13. The molecule has 0 saturated heterocycles. The highest BCUT2D eigenvalue weighted by Gasteiger charge is 2.19. The summed E-state index contributed by atoms with van der Waals surface area (Å²) >= 11 is 21.7. The summed E-state index contributed by atoms with van der Waals surface area (Å²) in [5, 5.41) is 1.27. The van der Waals surface area contributed by atoms with Gasteiger partial charge in [0.25, 0.3) is 0 Å². The van der Waals surface area contributed by atoms with E-state index in [-0.39, 0.29) is 41.8 Å². The molecular formula is C49H44Cl5F2N3O4. The van der Waals surface area contributed by atoms with Gasteiger partial charge in [-0.2, -0.15) is 0 Å². The number of methoxy groups -OCH3 is 2. The summed E-state index contributed by atoms with van der Waals surface area (Å²) in [4.78, 5) is 20.7. The van der Waals surface area contributed by atoms with E-state index in [0.717, 1.165) is 22.5 Å². The summed E-state index contributed by atoms with van der Waals surface area (Å²) < 4.78 is 46.7. The summed E-state index contributed by atoms with van der Waals surface area (Å²) in [5.74, 6) is 0.457. The number of hydrogen-bond donors (Lipinski definition) is 1. The van der Waals surface area contributed by atoms with Crippen molar-refractivity contribution in [3.05, 3.63) is 195 Å². The smallest absolute Gasteiger partial charge is 0.311 e. The predicted molar refractivity (Wildman–Crippen MR) is 253 cm³/mol. The van der Waals surface area contributed by atoms with Gasteiger partial charge in [-0.05, 0) is 94.0 Å². The first-order valence-electron chi connectivity index (χ1n) is 19.2. The minimum atomic E-state index is -0.352. The molecule has 2 aromatic heterocycles. The number of carbonyl (C=O) groups excluding carboxylic acids is 1. The topological polar surface area (TPSA) is 96.6 Å². The molecule has 0 unspecified atom stereocenters. The SMILES string of the molecule is COc1ccc(Cc2ccc(CCC(=O)Oc3ccccc3)nc2)c(F)c1-c1cccc(Cl)c1.COc1ccc(Cc2ccc(CN)nc2)c(F)c1-c1cccc(Cl)c1.Cl.ClCCl. The number of aromatic nitrogens is 2. The van der Waals surface area contributed by atoms with Gasteiger partial charge in [0.2, 0.25) is 0 Å². The van der Waals surface area contributed by atoms with Gasteiger partial charge in [0.15, 0.2) is 0 Å². The van der Waals surface area contributed by atoms with E-state index in [1.54, 1.807) is 91.3 Å². The van der Waals surface area contributed by atoms with E-state index in [2.05, 4.69) is 9.97 Å². The normalized spacial score (nSPS) is 10.3. The van der Waals surface area contributed by atoms with Gasteiger partial charge in [0.05, 0.1) is 42.8 Å². The number of halogens is 7. The van der Waals surface area contributed by atoms with Crippen LogP contribution in [0.1, 0.15) is 40.1 Å². The highest BCUT2D eigenvalue weighted by atomic mass is 35.5. The van der Waals surface area contributed by atoms with Crippen molar-refractivity contribution in [3.8, 4) is 39.5 Å². The number of nitrogens with zero attached hydrogens (tertiary/aromatic N) is 2. The number of para-hydroxylation sites is 1. The third-order valence-electron chi connectivity index (χ3n) is 9.36. The Balaban J connectivity index is 0.000000267. The van der Waals surface area contributed by atoms with Crippen LogP contribution in [0.2, 0.25) is 10.0 Å². The van der Waals surface area contributed by atoms with E-state index in [1.807, 2.05) is 48.5 Å². The average molecular weight is 954 g/mol. The molecule has 0 aliphatic carbocycles. The zero-order chi connectivity index (χ0) is 44.4. The number of ether oxygens (including phenoxy) is 3. The van der Waals surface area contributed by atoms with E-state index >= 15 is 8.78 Å². The molecule has 7 aromatic rings. The lowest BCUT2D eigenvalue weighted by atomic mass is 9.97. The van der Waals surface area contributed by atoms with E-state index in [9.17, 15) is 4.79 Å². The molecule has 7 nitrogen and oxygen atoms in total. The molecule has 0 spiro atoms. The Morgan fingerprint density at radius 2 is 1.11 bits per heavy atom. The number of aryl methyl sites for hydroxylation is 1. The second kappa shape index (κ2) is 25.8. The van der Waals surface area contributed by atoms with Gasteiger partial charge in [-0.25, -0.2) is 8.78 Å². The van der Waals surface area contributed by atoms with Gasteiger partial charge in [0, 0.05) is 53.9 Å². The fourth-order valence-corrected chi connectivity index (χ4v) is 6.75. The van der Waals surface area contributed by atoms with Crippen LogP contribution in [0.5, 0.6) is 17.2 Å². The van der Waals surface area contributed by atoms with Crippen molar-refractivity contribution in [2.75, 3.05) is 19.6 Å². The molecule has 7 rings (SSSR count). The van der Waals surface area contributed by atoms with Crippen LogP contribution in [-0.4, -0.2) is 35.5 Å². The summed E-state index contributed by atoms with van der Waals surface area (Å²) in [5.41, 5.74) is 12.1. The number of carbonyl (C=O) groups is 1. The molecule has 14 heteroatoms. The molecule has 0 atom stereocenters. The molecule has 0 radical (unpaired) electrons. The Morgan fingerprint density at radius 3 is 1.52 bits per heavy atom. The maximum Gasteiger partial charge on any atom is 0.311 e. The Labute approximate surface area is 392 Å². The number of benzene rings is 5. The molecule has 5 aromatic carbocycles. The fourth-order valence-electron chi connectivity index (χ4n) is 6.37. The van der Waals surface area contributed by atoms with Gasteiger partial charge in [-0.15, -0.1) is 35.6 Å². The Bertz CT molecular complexity index is 2530. The monoisotopic (exact) mass is 951 g/mol. The van der Waals surface area contributed by atoms with Gasteiger partial charge in [-0.3, -0.25) is 14.8 Å². The predicted octanol–water partition coefficient (Wildman–Crippen LogP) is 13.1. The number of alkyl halides is 2. The van der Waals surface area contributed by atoms with Crippen LogP contribution < -0.4 is 19.9 Å². The average Bonchev–Trinajstić information content (AvgIpc) is 3.28. The first kappa shape index (κ1) is 50.4. The van der Waals surface area contributed by atoms with E-state index in [1.165, 1.54) is 14.2 Å². The molecule has 0 amide bonds. The van der Waals surface area contributed by atoms with Gasteiger partial charge < -0.3 is 19.9 Å². The number of nitrogens with two attached hydrogens (primary N) is 1. The molecule has 0 aliphatic rings. The first-order chi connectivity index (χ1) is 30.1. The van der Waals surface area contributed by atoms with Gasteiger partial charge >= 0.3 is 5.97 Å². The lowest BCUT2D eigenvalue weighted by Gasteiger charge is -2.14. The first-order valence-corrected chi connectivity index (χ1v) is 21.1. The second-order valence-corrected chi connectivity index (χ2v) is 15.2. The van der Waals surface area contributed by atoms with Crippen LogP contribution >= 0.6 is 58.8 Å². The highest BCUT2D eigenvalue weighted by molar-refractivity contribution is 6.40. The molecule has 328 valence electrons. The Morgan fingerprint density at radius 1 is 0.635 bits per heavy atom. The number of pyridine rings is 2. The van der Waals surface area contributed by atoms with Gasteiger partial charge in [-0.1, -0.05) is 89.9 Å². The van der Waals surface area contributed by atoms with Crippen molar-refractivity contribution in [2.45, 2.75) is 32.2 Å². The maximum atomic E-state index is 15.5. The van der Waals surface area contributed by atoms with Crippen molar-refractivity contribution in [1.29, 1.82) is 0 Å². The highest BCUT2D eigenvalue weighted by Crippen LogP contribution is 2.37. The van der Waals surface area contributed by atoms with Crippen molar-refractivity contribution < 1.29 is 27.8 Å². The summed E-state index contributed by atoms with van der Waals surface area (Å²) in [6.45, 7) is 0.385. The third kappa shape index (κ3) is 14.6. The molecule has 0 saturated carbocycles.